The van der Waals surface area contributed by atoms with Crippen LogP contribution >= 0.6 is 11.6 Å². The Kier molecular flexibility index (Phi) is 4.56. The fourth-order valence-electron chi connectivity index (χ4n) is 2.38. The molecule has 1 aromatic rings. The summed E-state index contributed by atoms with van der Waals surface area (Å²) in [6, 6.07) is 4.89. The SMILES string of the molecule is CN(C1CCOC1)C(CN)c1ccc(Cl)cc1F. The van der Waals surface area contributed by atoms with Gasteiger partial charge in [-0.05, 0) is 25.6 Å². The molecule has 2 unspecified atom stereocenters. The van der Waals surface area contributed by atoms with E-state index in [-0.39, 0.29) is 11.9 Å². The summed E-state index contributed by atoms with van der Waals surface area (Å²) >= 11 is 5.77. The lowest BCUT2D eigenvalue weighted by molar-refractivity contribution is 0.133. The number of benzene rings is 1. The van der Waals surface area contributed by atoms with E-state index in [4.69, 9.17) is 22.1 Å². The fraction of sp³-hybridized carbons (Fsp3) is 0.538. The number of halogens is 2. The second kappa shape index (κ2) is 5.97. The van der Waals surface area contributed by atoms with Gasteiger partial charge in [0.15, 0.2) is 0 Å². The Morgan fingerprint density at radius 2 is 2.39 bits per heavy atom. The summed E-state index contributed by atoms with van der Waals surface area (Å²) < 4.78 is 19.3. The van der Waals surface area contributed by atoms with Gasteiger partial charge in [-0.25, -0.2) is 4.39 Å². The van der Waals surface area contributed by atoms with E-state index in [0.717, 1.165) is 13.0 Å². The molecule has 1 heterocycles. The van der Waals surface area contributed by atoms with Gasteiger partial charge in [0.25, 0.3) is 0 Å². The average molecular weight is 273 g/mol. The second-order valence-corrected chi connectivity index (χ2v) is 5.04. The molecule has 0 aliphatic carbocycles. The number of nitrogens with two attached hydrogens (primary N) is 1. The summed E-state index contributed by atoms with van der Waals surface area (Å²) in [6.07, 6.45) is 0.961. The van der Waals surface area contributed by atoms with Gasteiger partial charge in [-0.2, -0.15) is 0 Å². The first kappa shape index (κ1) is 13.7. The van der Waals surface area contributed by atoms with Crippen LogP contribution in [-0.2, 0) is 4.74 Å². The number of rotatable bonds is 4. The van der Waals surface area contributed by atoms with Gasteiger partial charge in [-0.1, -0.05) is 17.7 Å². The minimum atomic E-state index is -0.302. The first-order chi connectivity index (χ1) is 8.63. The van der Waals surface area contributed by atoms with Crippen LogP contribution in [0.3, 0.4) is 0 Å². The van der Waals surface area contributed by atoms with E-state index in [2.05, 4.69) is 4.90 Å². The molecule has 3 nitrogen and oxygen atoms in total. The topological polar surface area (TPSA) is 38.5 Å². The standard InChI is InChI=1S/C13H18ClFN2O/c1-17(10-4-5-18-8-10)13(7-16)11-3-2-9(14)6-12(11)15/h2-3,6,10,13H,4-5,7-8,16H2,1H3. The molecule has 1 saturated heterocycles. The molecule has 1 aromatic carbocycles. The molecule has 0 amide bonds. The lowest BCUT2D eigenvalue weighted by atomic mass is 10.0. The number of nitrogens with zero attached hydrogens (tertiary/aromatic N) is 1. The smallest absolute Gasteiger partial charge is 0.129 e. The minimum absolute atomic E-state index is 0.144. The third-order valence-corrected chi connectivity index (χ3v) is 3.75. The van der Waals surface area contributed by atoms with Crippen molar-refractivity contribution >= 4 is 11.6 Å². The molecular weight excluding hydrogens is 255 g/mol. The summed E-state index contributed by atoms with van der Waals surface area (Å²) in [5.74, 6) is -0.302. The van der Waals surface area contributed by atoms with E-state index in [1.807, 2.05) is 7.05 Å². The molecule has 0 radical (unpaired) electrons. The normalized spacial score (nSPS) is 21.5. The molecule has 5 heteroatoms. The Bertz CT molecular complexity index is 410. The molecule has 0 bridgehead atoms. The van der Waals surface area contributed by atoms with Crippen molar-refractivity contribution in [2.75, 3.05) is 26.8 Å². The Balaban J connectivity index is 2.21. The van der Waals surface area contributed by atoms with Crippen LogP contribution < -0.4 is 5.73 Å². The second-order valence-electron chi connectivity index (χ2n) is 4.60. The van der Waals surface area contributed by atoms with Gasteiger partial charge in [0.2, 0.25) is 0 Å². The molecule has 1 aliphatic rings. The molecule has 18 heavy (non-hydrogen) atoms. The van der Waals surface area contributed by atoms with Crippen LogP contribution in [0.15, 0.2) is 18.2 Å². The predicted molar refractivity (Wildman–Crippen MR) is 70.2 cm³/mol. The molecule has 2 rings (SSSR count). The predicted octanol–water partition coefficient (Wildman–Crippen LogP) is 2.20. The third kappa shape index (κ3) is 2.83. The first-order valence-electron chi connectivity index (χ1n) is 6.08. The van der Waals surface area contributed by atoms with Crippen molar-refractivity contribution in [1.29, 1.82) is 0 Å². The van der Waals surface area contributed by atoms with Crippen LogP contribution in [0.5, 0.6) is 0 Å². The molecule has 0 spiro atoms. The molecule has 1 fully saturated rings. The van der Waals surface area contributed by atoms with Gasteiger partial charge in [-0.3, -0.25) is 4.90 Å². The summed E-state index contributed by atoms with van der Waals surface area (Å²) in [5.41, 5.74) is 6.39. The summed E-state index contributed by atoms with van der Waals surface area (Å²) in [4.78, 5) is 2.10. The summed E-state index contributed by atoms with van der Waals surface area (Å²) in [7, 11) is 1.96. The fourth-order valence-corrected chi connectivity index (χ4v) is 2.54. The molecule has 2 N–H and O–H groups in total. The van der Waals surface area contributed by atoms with Crippen LogP contribution in [0.4, 0.5) is 4.39 Å². The molecule has 0 saturated carbocycles. The van der Waals surface area contributed by atoms with Gasteiger partial charge < -0.3 is 10.5 Å². The van der Waals surface area contributed by atoms with E-state index in [9.17, 15) is 4.39 Å². The largest absolute Gasteiger partial charge is 0.380 e. The van der Waals surface area contributed by atoms with Crippen LogP contribution in [0, 0.1) is 5.82 Å². The zero-order chi connectivity index (χ0) is 13.1. The van der Waals surface area contributed by atoms with Crippen molar-refractivity contribution in [3.05, 3.63) is 34.6 Å². The van der Waals surface area contributed by atoms with Gasteiger partial charge in [-0.15, -0.1) is 0 Å². The van der Waals surface area contributed by atoms with Crippen LogP contribution in [0.2, 0.25) is 5.02 Å². The average Bonchev–Trinajstić information content (AvgIpc) is 2.86. The maximum absolute atomic E-state index is 13.9. The molecular formula is C13H18ClFN2O. The highest BCUT2D eigenvalue weighted by Gasteiger charge is 2.28. The van der Waals surface area contributed by atoms with Gasteiger partial charge >= 0.3 is 0 Å². The Hall–Kier alpha value is -0.680. The van der Waals surface area contributed by atoms with E-state index < -0.39 is 0 Å². The first-order valence-corrected chi connectivity index (χ1v) is 6.46. The highest BCUT2D eigenvalue weighted by molar-refractivity contribution is 6.30. The number of ether oxygens (including phenoxy) is 1. The minimum Gasteiger partial charge on any atom is -0.380 e. The van der Waals surface area contributed by atoms with E-state index >= 15 is 0 Å². The quantitative estimate of drug-likeness (QED) is 0.913. The van der Waals surface area contributed by atoms with Gasteiger partial charge in [0.1, 0.15) is 5.82 Å². The monoisotopic (exact) mass is 272 g/mol. The van der Waals surface area contributed by atoms with Crippen LogP contribution in [0.25, 0.3) is 0 Å². The maximum Gasteiger partial charge on any atom is 0.129 e. The summed E-state index contributed by atoms with van der Waals surface area (Å²) in [6.45, 7) is 1.81. The van der Waals surface area contributed by atoms with Crippen molar-refractivity contribution in [1.82, 2.24) is 4.90 Å². The Morgan fingerprint density at radius 1 is 1.61 bits per heavy atom. The number of likely N-dealkylation sites (N-methyl/N-ethyl adjacent to an activating group) is 1. The van der Waals surface area contributed by atoms with E-state index in [0.29, 0.717) is 29.8 Å². The Morgan fingerprint density at radius 3 is 2.94 bits per heavy atom. The molecule has 100 valence electrons. The van der Waals surface area contributed by atoms with Crippen molar-refractivity contribution in [3.8, 4) is 0 Å². The third-order valence-electron chi connectivity index (χ3n) is 3.52. The van der Waals surface area contributed by atoms with Crippen molar-refractivity contribution in [2.45, 2.75) is 18.5 Å². The zero-order valence-electron chi connectivity index (χ0n) is 10.4. The highest BCUT2D eigenvalue weighted by atomic mass is 35.5. The lowest BCUT2D eigenvalue weighted by Crippen LogP contribution is -2.39. The lowest BCUT2D eigenvalue weighted by Gasteiger charge is -2.32. The molecule has 1 aliphatic heterocycles. The zero-order valence-corrected chi connectivity index (χ0v) is 11.2. The highest BCUT2D eigenvalue weighted by Crippen LogP contribution is 2.27. The Labute approximate surface area is 112 Å². The van der Waals surface area contributed by atoms with E-state index in [1.54, 1.807) is 12.1 Å². The van der Waals surface area contributed by atoms with Crippen LogP contribution in [-0.4, -0.2) is 37.7 Å². The van der Waals surface area contributed by atoms with E-state index in [1.165, 1.54) is 6.07 Å². The molecule has 2 atom stereocenters. The van der Waals surface area contributed by atoms with Gasteiger partial charge in [0.05, 0.1) is 6.61 Å². The summed E-state index contributed by atoms with van der Waals surface area (Å²) in [5, 5.41) is 0.402. The molecule has 0 aromatic heterocycles. The van der Waals surface area contributed by atoms with Gasteiger partial charge in [0, 0.05) is 35.8 Å². The maximum atomic E-state index is 13.9. The van der Waals surface area contributed by atoms with Crippen LogP contribution in [0.1, 0.15) is 18.0 Å². The number of hydrogen-bond acceptors (Lipinski definition) is 3. The number of hydrogen-bond donors (Lipinski definition) is 1. The van der Waals surface area contributed by atoms with Crippen molar-refractivity contribution in [2.24, 2.45) is 5.73 Å². The van der Waals surface area contributed by atoms with Crippen molar-refractivity contribution < 1.29 is 9.13 Å². The van der Waals surface area contributed by atoms with Crippen molar-refractivity contribution in [3.63, 3.8) is 0 Å².